The SMILES string of the molecule is C=C(/C=C\c1ccc2cccnc2c1C)c1ccc2c(c1)-c1cc(-c3ccc4c5ccccc5c5ccccc5c4c3)ccc1C2(c1ccccc1)c1ccccc1. The van der Waals surface area contributed by atoms with E-state index in [9.17, 15) is 0 Å². The molecule has 0 saturated carbocycles. The number of fused-ring (bicyclic) bond motifs is 10. The normalized spacial score (nSPS) is 13.1. The largest absolute Gasteiger partial charge is 0.256 e. The van der Waals surface area contributed by atoms with Gasteiger partial charge in [0, 0.05) is 11.6 Å². The molecule has 0 spiro atoms. The average molecular weight is 738 g/mol. The molecule has 1 heteroatoms. The van der Waals surface area contributed by atoms with E-state index in [0.717, 1.165) is 27.6 Å². The molecule has 11 rings (SSSR count). The van der Waals surface area contributed by atoms with Gasteiger partial charge in [-0.15, -0.1) is 0 Å². The number of rotatable bonds is 6. The molecule has 272 valence electrons. The summed E-state index contributed by atoms with van der Waals surface area (Å²) in [6, 6.07) is 69.2. The van der Waals surface area contributed by atoms with E-state index in [1.54, 1.807) is 0 Å². The van der Waals surface area contributed by atoms with Crippen molar-refractivity contribution < 1.29 is 0 Å². The van der Waals surface area contributed by atoms with Crippen LogP contribution < -0.4 is 0 Å². The van der Waals surface area contributed by atoms with E-state index in [0.29, 0.717) is 0 Å². The minimum atomic E-state index is -0.491. The van der Waals surface area contributed by atoms with E-state index in [4.69, 9.17) is 0 Å². The quantitative estimate of drug-likeness (QED) is 0.122. The molecule has 10 aromatic rings. The summed E-state index contributed by atoms with van der Waals surface area (Å²) in [4.78, 5) is 4.66. The number of allylic oxidation sites excluding steroid dienone is 2. The molecule has 0 N–H and O–H groups in total. The van der Waals surface area contributed by atoms with Crippen molar-refractivity contribution in [3.8, 4) is 22.3 Å². The Morgan fingerprint density at radius 1 is 0.500 bits per heavy atom. The molecule has 1 aliphatic rings. The lowest BCUT2D eigenvalue weighted by molar-refractivity contribution is 0.768. The number of hydrogen-bond donors (Lipinski definition) is 0. The van der Waals surface area contributed by atoms with Crippen LogP contribution in [0.5, 0.6) is 0 Å². The molecule has 58 heavy (non-hydrogen) atoms. The molecule has 1 nitrogen and oxygen atoms in total. The molecule has 0 radical (unpaired) electrons. The molecule has 0 amide bonds. The zero-order chi connectivity index (χ0) is 38.8. The smallest absolute Gasteiger partial charge is 0.0737 e. The highest BCUT2D eigenvalue weighted by Gasteiger charge is 2.46. The standard InChI is InChI=1S/C57H39N/c1-37(23-24-39-25-26-40-14-13-33-58-56(40)38(39)2)41-28-31-54-52(34-41)53-36-43(29-32-55(53)57(54,44-15-5-3-6-16-44)45-17-7-4-8-18-45)42-27-30-50-48-21-10-9-19-46(48)47-20-11-12-22-49(47)51(50)35-42/h3-36H,1H2,2H3/b24-23-. The third kappa shape index (κ3) is 5.14. The lowest BCUT2D eigenvalue weighted by atomic mass is 9.67. The minimum Gasteiger partial charge on any atom is -0.256 e. The van der Waals surface area contributed by atoms with Crippen molar-refractivity contribution in [2.45, 2.75) is 12.3 Å². The zero-order valence-corrected chi connectivity index (χ0v) is 32.3. The van der Waals surface area contributed by atoms with Gasteiger partial charge in [-0.05, 0) is 130 Å². The fourth-order valence-electron chi connectivity index (χ4n) is 9.74. The van der Waals surface area contributed by atoms with Crippen LogP contribution in [-0.2, 0) is 5.41 Å². The number of benzene rings is 9. The van der Waals surface area contributed by atoms with Gasteiger partial charge in [-0.2, -0.15) is 0 Å². The highest BCUT2D eigenvalue weighted by molar-refractivity contribution is 6.25. The fraction of sp³-hybridized carbons (Fsp3) is 0.0351. The first-order chi connectivity index (χ1) is 28.6. The average Bonchev–Trinajstić information content (AvgIpc) is 3.59. The van der Waals surface area contributed by atoms with Crippen molar-refractivity contribution in [3.63, 3.8) is 0 Å². The van der Waals surface area contributed by atoms with Gasteiger partial charge < -0.3 is 0 Å². The molecule has 0 fully saturated rings. The molecule has 0 bridgehead atoms. The van der Waals surface area contributed by atoms with Gasteiger partial charge >= 0.3 is 0 Å². The molecule has 0 saturated heterocycles. The molecule has 0 unspecified atom stereocenters. The second kappa shape index (κ2) is 13.4. The number of hydrogen-bond acceptors (Lipinski definition) is 1. The van der Waals surface area contributed by atoms with Crippen molar-refractivity contribution in [2.24, 2.45) is 0 Å². The molecule has 1 heterocycles. The first-order valence-corrected chi connectivity index (χ1v) is 20.1. The predicted molar refractivity (Wildman–Crippen MR) is 246 cm³/mol. The van der Waals surface area contributed by atoms with E-state index < -0.39 is 5.41 Å². The van der Waals surface area contributed by atoms with Crippen LogP contribution in [0, 0.1) is 6.92 Å². The molecular weight excluding hydrogens is 699 g/mol. The van der Waals surface area contributed by atoms with Gasteiger partial charge in [0.2, 0.25) is 0 Å². The van der Waals surface area contributed by atoms with Crippen molar-refractivity contribution in [2.75, 3.05) is 0 Å². The monoisotopic (exact) mass is 737 g/mol. The van der Waals surface area contributed by atoms with Crippen LogP contribution in [0.15, 0.2) is 207 Å². The summed E-state index contributed by atoms with van der Waals surface area (Å²) in [7, 11) is 0. The molecule has 0 aliphatic heterocycles. The van der Waals surface area contributed by atoms with E-state index in [1.807, 2.05) is 12.3 Å². The molecular formula is C57H39N. The van der Waals surface area contributed by atoms with Gasteiger partial charge in [0.1, 0.15) is 0 Å². The Morgan fingerprint density at radius 3 is 1.72 bits per heavy atom. The summed E-state index contributed by atoms with van der Waals surface area (Å²) < 4.78 is 0. The Hall–Kier alpha value is -7.35. The van der Waals surface area contributed by atoms with E-state index in [2.05, 4.69) is 213 Å². The molecule has 9 aromatic carbocycles. The summed E-state index contributed by atoms with van der Waals surface area (Å²) >= 11 is 0. The number of pyridine rings is 1. The lowest BCUT2D eigenvalue weighted by Gasteiger charge is -2.34. The maximum atomic E-state index is 4.66. The van der Waals surface area contributed by atoms with Gasteiger partial charge in [-0.3, -0.25) is 4.98 Å². The Balaban J connectivity index is 1.10. The third-order valence-corrected chi connectivity index (χ3v) is 12.5. The first kappa shape index (κ1) is 33.9. The summed E-state index contributed by atoms with van der Waals surface area (Å²) in [5.41, 5.74) is 14.9. The lowest BCUT2D eigenvalue weighted by Crippen LogP contribution is -2.28. The Kier molecular flexibility index (Phi) is 7.84. The van der Waals surface area contributed by atoms with Gasteiger partial charge in [-0.25, -0.2) is 0 Å². The second-order valence-corrected chi connectivity index (χ2v) is 15.6. The van der Waals surface area contributed by atoms with Crippen LogP contribution >= 0.6 is 0 Å². The second-order valence-electron chi connectivity index (χ2n) is 15.6. The number of aromatic nitrogens is 1. The van der Waals surface area contributed by atoms with Gasteiger partial charge in [0.25, 0.3) is 0 Å². The van der Waals surface area contributed by atoms with E-state index >= 15 is 0 Å². The van der Waals surface area contributed by atoms with Gasteiger partial charge in [-0.1, -0.05) is 183 Å². The van der Waals surface area contributed by atoms with Crippen molar-refractivity contribution in [1.82, 2.24) is 4.98 Å². The zero-order valence-electron chi connectivity index (χ0n) is 32.3. The Bertz CT molecular complexity index is 3220. The highest BCUT2D eigenvalue weighted by atomic mass is 14.6. The van der Waals surface area contributed by atoms with E-state index in [1.165, 1.54) is 82.4 Å². The van der Waals surface area contributed by atoms with Crippen LogP contribution in [0.4, 0.5) is 0 Å². The number of nitrogens with zero attached hydrogens (tertiary/aromatic N) is 1. The minimum absolute atomic E-state index is 0.491. The maximum Gasteiger partial charge on any atom is 0.0737 e. The Morgan fingerprint density at radius 2 is 1.05 bits per heavy atom. The van der Waals surface area contributed by atoms with Gasteiger partial charge in [0.05, 0.1) is 10.9 Å². The topological polar surface area (TPSA) is 12.9 Å². The van der Waals surface area contributed by atoms with Crippen molar-refractivity contribution in [3.05, 3.63) is 246 Å². The third-order valence-electron chi connectivity index (χ3n) is 12.5. The fourth-order valence-corrected chi connectivity index (χ4v) is 9.74. The summed E-state index contributed by atoms with van der Waals surface area (Å²) in [5.74, 6) is 0. The van der Waals surface area contributed by atoms with Gasteiger partial charge in [0.15, 0.2) is 0 Å². The number of aryl methyl sites for hydroxylation is 1. The van der Waals surface area contributed by atoms with E-state index in [-0.39, 0.29) is 0 Å². The van der Waals surface area contributed by atoms with Crippen molar-refractivity contribution >= 4 is 54.9 Å². The highest BCUT2D eigenvalue weighted by Crippen LogP contribution is 2.57. The molecule has 0 atom stereocenters. The molecule has 1 aliphatic carbocycles. The van der Waals surface area contributed by atoms with Crippen LogP contribution in [0.3, 0.4) is 0 Å². The first-order valence-electron chi connectivity index (χ1n) is 20.1. The maximum absolute atomic E-state index is 4.66. The summed E-state index contributed by atoms with van der Waals surface area (Å²) in [6.45, 7) is 6.75. The van der Waals surface area contributed by atoms with Crippen LogP contribution in [0.25, 0.3) is 77.1 Å². The summed E-state index contributed by atoms with van der Waals surface area (Å²) in [6.07, 6.45) is 6.19. The molecule has 1 aromatic heterocycles. The van der Waals surface area contributed by atoms with Crippen LogP contribution in [-0.4, -0.2) is 4.98 Å². The van der Waals surface area contributed by atoms with Crippen LogP contribution in [0.1, 0.15) is 38.9 Å². The summed E-state index contributed by atoms with van der Waals surface area (Å²) in [5, 5.41) is 8.86. The Labute approximate surface area is 338 Å². The van der Waals surface area contributed by atoms with Crippen molar-refractivity contribution in [1.29, 1.82) is 0 Å². The van der Waals surface area contributed by atoms with Crippen LogP contribution in [0.2, 0.25) is 0 Å². The predicted octanol–water partition coefficient (Wildman–Crippen LogP) is 14.8.